The summed E-state index contributed by atoms with van der Waals surface area (Å²) in [6.07, 6.45) is 0. The van der Waals surface area contributed by atoms with Crippen LogP contribution in [-0.4, -0.2) is 20.3 Å². The van der Waals surface area contributed by atoms with Crippen LogP contribution in [0.2, 0.25) is 3.98 Å². The van der Waals surface area contributed by atoms with Crippen LogP contribution < -0.4 is 3.12 Å². The molecule has 53 valence electrons. The fourth-order valence-corrected chi connectivity index (χ4v) is 6.88. The molecule has 0 saturated carbocycles. The molecule has 0 heterocycles. The number of benzene rings is 1. The van der Waals surface area contributed by atoms with Gasteiger partial charge in [0.05, 0.1) is 0 Å². The van der Waals surface area contributed by atoms with Crippen molar-refractivity contribution in [1.82, 2.24) is 0 Å². The van der Waals surface area contributed by atoms with E-state index in [2.05, 4.69) is 49.2 Å². The summed E-state index contributed by atoms with van der Waals surface area (Å²) in [4.78, 5) is 0. The third-order valence-electron chi connectivity index (χ3n) is 1.40. The molecule has 1 rings (SSSR count). The van der Waals surface area contributed by atoms with Gasteiger partial charge in [-0.1, -0.05) is 0 Å². The van der Waals surface area contributed by atoms with E-state index in [1.165, 1.54) is 3.98 Å². The second-order valence-corrected chi connectivity index (χ2v) is 18.7. The molecule has 0 spiro atoms. The van der Waals surface area contributed by atoms with Crippen molar-refractivity contribution in [3.05, 3.63) is 30.3 Å². The summed E-state index contributed by atoms with van der Waals surface area (Å²) >= 11 is 2.40. The minimum absolute atomic E-state index is 1.36. The van der Waals surface area contributed by atoms with E-state index in [4.69, 9.17) is 0 Å². The number of hydrogen-bond donors (Lipinski definition) is 0. The first-order valence-corrected chi connectivity index (χ1v) is 16.5. The molecule has 0 aliphatic carbocycles. The minimum atomic E-state index is -1.39. The number of rotatable bonds is 2. The van der Waals surface area contributed by atoms with Crippen LogP contribution in [0.5, 0.6) is 0 Å². The molecule has 0 unspecified atom stereocenters. The van der Waals surface area contributed by atoms with Gasteiger partial charge < -0.3 is 0 Å². The zero-order valence-corrected chi connectivity index (χ0v) is 11.4. The van der Waals surface area contributed by atoms with Gasteiger partial charge in [0, 0.05) is 0 Å². The van der Waals surface area contributed by atoms with Crippen molar-refractivity contribution in [1.29, 1.82) is 0 Å². The van der Waals surface area contributed by atoms with Gasteiger partial charge in [0.15, 0.2) is 0 Å². The number of halogens is 1. The van der Waals surface area contributed by atoms with Crippen LogP contribution in [0.4, 0.5) is 0 Å². The maximum atomic E-state index is 3.80. The van der Waals surface area contributed by atoms with Crippen molar-refractivity contribution in [2.45, 2.75) is 10.9 Å². The Bertz CT molecular complexity index is 186. The Balaban J connectivity index is 2.75. The van der Waals surface area contributed by atoms with Crippen LogP contribution in [0.15, 0.2) is 30.3 Å². The van der Waals surface area contributed by atoms with E-state index in [9.17, 15) is 0 Å². The van der Waals surface area contributed by atoms with Crippen LogP contribution in [0.1, 0.15) is 6.92 Å². The van der Waals surface area contributed by atoms with Crippen LogP contribution >= 0.6 is 12.0 Å². The molecule has 0 nitrogen and oxygen atoms in total. The Morgan fingerprint density at radius 2 is 1.90 bits per heavy atom. The van der Waals surface area contributed by atoms with E-state index in [0.29, 0.717) is 0 Å². The maximum absolute atomic E-state index is 3.80. The molecule has 0 aliphatic rings. The zero-order chi connectivity index (χ0) is 7.40. The van der Waals surface area contributed by atoms with Crippen molar-refractivity contribution in [3.63, 3.8) is 0 Å². The average molecular weight is 393 g/mol. The van der Waals surface area contributed by atoms with Crippen LogP contribution in [0.3, 0.4) is 0 Å². The summed E-state index contributed by atoms with van der Waals surface area (Å²) in [5.41, 5.74) is 0. The number of hydrogen-bond acceptors (Lipinski definition) is 0. The van der Waals surface area contributed by atoms with Crippen LogP contribution in [-0.2, 0) is 0 Å². The molecule has 0 aromatic heterocycles. The molecule has 0 saturated heterocycles. The monoisotopic (exact) mass is 393 g/mol. The molecule has 0 N–H and O–H groups in total. The summed E-state index contributed by atoms with van der Waals surface area (Å²) in [6, 6.07) is 10.8. The van der Waals surface area contributed by atoms with Crippen molar-refractivity contribution in [2.24, 2.45) is 0 Å². The van der Waals surface area contributed by atoms with Crippen molar-refractivity contribution < 1.29 is 0 Å². The van der Waals surface area contributed by atoms with E-state index in [1.54, 1.807) is 3.12 Å². The molecule has 10 heavy (non-hydrogen) atoms. The van der Waals surface area contributed by atoms with Gasteiger partial charge in [-0.05, 0) is 0 Å². The van der Waals surface area contributed by atoms with Gasteiger partial charge in [0.2, 0.25) is 0 Å². The van der Waals surface area contributed by atoms with E-state index >= 15 is 0 Å². The first-order chi connectivity index (χ1) is 4.84. The summed E-state index contributed by atoms with van der Waals surface area (Å²) in [6.45, 7) is 2.27. The molecule has 1 radical (unpaired) electrons. The zero-order valence-electron chi connectivity index (χ0n) is 5.97. The SMILES string of the molecule is C[CH2][Pb]([Br])[c]1ccccc1. The fourth-order valence-electron chi connectivity index (χ4n) is 0.823. The molecule has 0 amide bonds. The van der Waals surface area contributed by atoms with E-state index < -0.39 is 20.3 Å². The molecule has 0 bridgehead atoms. The molecule has 2 heteroatoms. The van der Waals surface area contributed by atoms with Gasteiger partial charge in [-0.15, -0.1) is 0 Å². The molecular formula is C8H10BrPb. The third-order valence-corrected chi connectivity index (χ3v) is 16.5. The van der Waals surface area contributed by atoms with Crippen molar-refractivity contribution >= 4 is 35.4 Å². The summed E-state index contributed by atoms with van der Waals surface area (Å²) in [5, 5.41) is 0. The molecule has 1 aromatic rings. The third kappa shape index (κ3) is 2.34. The van der Waals surface area contributed by atoms with E-state index in [0.717, 1.165) is 0 Å². The topological polar surface area (TPSA) is 0 Å². The molecule has 1 aromatic carbocycles. The molecule has 0 atom stereocenters. The Morgan fingerprint density at radius 3 is 2.40 bits per heavy atom. The molecular weight excluding hydrogens is 383 g/mol. The van der Waals surface area contributed by atoms with Crippen molar-refractivity contribution in [2.75, 3.05) is 0 Å². The van der Waals surface area contributed by atoms with Gasteiger partial charge >= 0.3 is 76.6 Å². The van der Waals surface area contributed by atoms with Gasteiger partial charge in [-0.2, -0.15) is 0 Å². The quantitative estimate of drug-likeness (QED) is 0.677. The second-order valence-electron chi connectivity index (χ2n) is 2.12. The van der Waals surface area contributed by atoms with Gasteiger partial charge in [0.1, 0.15) is 0 Å². The predicted molar refractivity (Wildman–Crippen MR) is 51.2 cm³/mol. The standard InChI is InChI=1S/C6H5.C2H5.BrH.Pb/c1-2-4-6-5-3-1;1-2;;/h1-5H;1H2,2H3;1H;/q;;;+1/p-1. The first-order valence-electron chi connectivity index (χ1n) is 3.41. The molecule has 0 fully saturated rings. The van der Waals surface area contributed by atoms with Crippen LogP contribution in [0, 0.1) is 0 Å². The van der Waals surface area contributed by atoms with E-state index in [1.807, 2.05) is 0 Å². The van der Waals surface area contributed by atoms with Gasteiger partial charge in [0.25, 0.3) is 0 Å². The summed E-state index contributed by atoms with van der Waals surface area (Å²) in [5.74, 6) is 0. The van der Waals surface area contributed by atoms with E-state index in [-0.39, 0.29) is 0 Å². The van der Waals surface area contributed by atoms with Gasteiger partial charge in [-0.25, -0.2) is 0 Å². The summed E-state index contributed by atoms with van der Waals surface area (Å²) < 4.78 is 2.93. The van der Waals surface area contributed by atoms with Gasteiger partial charge in [-0.3, -0.25) is 0 Å². The first kappa shape index (κ1) is 8.72. The fraction of sp³-hybridized carbons (Fsp3) is 0.250. The molecule has 0 aliphatic heterocycles. The Labute approximate surface area is 76.1 Å². The van der Waals surface area contributed by atoms with Crippen LogP contribution in [0.25, 0.3) is 0 Å². The Hall–Kier alpha value is 0.622. The normalized spacial score (nSPS) is 10.3. The average Bonchev–Trinajstić information content (AvgIpc) is 2.05. The summed E-state index contributed by atoms with van der Waals surface area (Å²) in [7, 11) is 0. The Kier molecular flexibility index (Phi) is 3.91. The predicted octanol–water partition coefficient (Wildman–Crippen LogP) is 2.30. The van der Waals surface area contributed by atoms with Crippen molar-refractivity contribution in [3.8, 4) is 0 Å². The Morgan fingerprint density at radius 1 is 1.30 bits per heavy atom. The second kappa shape index (κ2) is 4.49.